The fourth-order valence-electron chi connectivity index (χ4n) is 3.39. The number of aromatic nitrogens is 2. The molecular formula is C16H25N3S. The van der Waals surface area contributed by atoms with Gasteiger partial charge in [0, 0.05) is 18.1 Å². The van der Waals surface area contributed by atoms with Gasteiger partial charge in [0.2, 0.25) is 0 Å². The molecule has 1 aliphatic rings. The summed E-state index contributed by atoms with van der Waals surface area (Å²) in [5.41, 5.74) is 2.49. The van der Waals surface area contributed by atoms with Gasteiger partial charge in [0.15, 0.2) is 4.96 Å². The Morgan fingerprint density at radius 2 is 2.05 bits per heavy atom. The Hall–Kier alpha value is -0.870. The molecular weight excluding hydrogens is 266 g/mol. The summed E-state index contributed by atoms with van der Waals surface area (Å²) < 4.78 is 2.22. The molecule has 0 aromatic carbocycles. The molecule has 0 unspecified atom stereocenters. The molecule has 0 bridgehead atoms. The first kappa shape index (κ1) is 14.1. The summed E-state index contributed by atoms with van der Waals surface area (Å²) in [4.78, 5) is 5.71. The molecule has 1 saturated carbocycles. The highest BCUT2D eigenvalue weighted by Gasteiger charge is 2.19. The van der Waals surface area contributed by atoms with Gasteiger partial charge in [-0.05, 0) is 38.1 Å². The lowest BCUT2D eigenvalue weighted by atomic mass is 9.81. The molecule has 0 amide bonds. The number of hydrogen-bond donors (Lipinski definition) is 1. The second kappa shape index (κ2) is 6.27. The molecule has 0 saturated heterocycles. The van der Waals surface area contributed by atoms with Crippen molar-refractivity contribution in [2.45, 2.75) is 52.5 Å². The summed E-state index contributed by atoms with van der Waals surface area (Å²) in [5, 5.41) is 5.77. The maximum absolute atomic E-state index is 4.60. The molecule has 0 aliphatic heterocycles. The van der Waals surface area contributed by atoms with Crippen molar-refractivity contribution in [1.82, 2.24) is 14.7 Å². The van der Waals surface area contributed by atoms with Crippen molar-refractivity contribution in [2.75, 3.05) is 6.54 Å². The fraction of sp³-hybridized carbons (Fsp3) is 0.688. The minimum absolute atomic E-state index is 0.879. The number of hydrogen-bond acceptors (Lipinski definition) is 3. The number of aryl methyl sites for hydroxylation is 1. The number of fused-ring (bicyclic) bond motifs is 1. The highest BCUT2D eigenvalue weighted by atomic mass is 32.1. The Morgan fingerprint density at radius 3 is 2.80 bits per heavy atom. The first-order valence-electron chi connectivity index (χ1n) is 7.89. The molecule has 3 rings (SSSR count). The Morgan fingerprint density at radius 1 is 1.30 bits per heavy atom. The van der Waals surface area contributed by atoms with E-state index < -0.39 is 0 Å². The van der Waals surface area contributed by atoms with E-state index in [0.29, 0.717) is 0 Å². The van der Waals surface area contributed by atoms with E-state index in [1.54, 1.807) is 11.3 Å². The third-order valence-electron chi connectivity index (χ3n) is 4.83. The summed E-state index contributed by atoms with van der Waals surface area (Å²) >= 11 is 1.71. The molecule has 0 spiro atoms. The van der Waals surface area contributed by atoms with Gasteiger partial charge in [-0.3, -0.25) is 4.40 Å². The van der Waals surface area contributed by atoms with Crippen molar-refractivity contribution in [2.24, 2.45) is 11.8 Å². The smallest absolute Gasteiger partial charge is 0.194 e. The Labute approximate surface area is 125 Å². The minimum Gasteiger partial charge on any atom is -0.311 e. The zero-order valence-electron chi connectivity index (χ0n) is 12.6. The summed E-state index contributed by atoms with van der Waals surface area (Å²) in [7, 11) is 0. The van der Waals surface area contributed by atoms with Crippen LogP contribution in [0.25, 0.3) is 4.96 Å². The van der Waals surface area contributed by atoms with E-state index in [2.05, 4.69) is 40.1 Å². The first-order chi connectivity index (χ1) is 9.78. The highest BCUT2D eigenvalue weighted by molar-refractivity contribution is 7.15. The van der Waals surface area contributed by atoms with Gasteiger partial charge in [-0.2, -0.15) is 0 Å². The molecule has 2 heterocycles. The van der Waals surface area contributed by atoms with Crippen LogP contribution in [0.2, 0.25) is 0 Å². The van der Waals surface area contributed by atoms with Crippen molar-refractivity contribution >= 4 is 16.3 Å². The predicted octanol–water partition coefficient (Wildman–Crippen LogP) is 4.01. The average Bonchev–Trinajstić information content (AvgIpc) is 3.02. The Kier molecular flexibility index (Phi) is 4.41. The van der Waals surface area contributed by atoms with Crippen molar-refractivity contribution in [3.8, 4) is 0 Å². The lowest BCUT2D eigenvalue weighted by Crippen LogP contribution is -2.26. The van der Waals surface area contributed by atoms with E-state index in [1.807, 2.05) is 0 Å². The zero-order valence-corrected chi connectivity index (χ0v) is 13.4. The van der Waals surface area contributed by atoms with Crippen molar-refractivity contribution in [1.29, 1.82) is 0 Å². The van der Waals surface area contributed by atoms with Crippen LogP contribution in [0.3, 0.4) is 0 Å². The molecule has 1 fully saturated rings. The molecule has 2 aromatic rings. The van der Waals surface area contributed by atoms with E-state index in [4.69, 9.17) is 0 Å². The number of thiazole rings is 1. The molecule has 20 heavy (non-hydrogen) atoms. The zero-order chi connectivity index (χ0) is 13.9. The second-order valence-electron chi connectivity index (χ2n) is 6.13. The van der Waals surface area contributed by atoms with Gasteiger partial charge in [0.25, 0.3) is 0 Å². The van der Waals surface area contributed by atoms with Gasteiger partial charge >= 0.3 is 0 Å². The molecule has 4 heteroatoms. The molecule has 0 atom stereocenters. The second-order valence-corrected chi connectivity index (χ2v) is 7.00. The summed E-state index contributed by atoms with van der Waals surface area (Å²) in [5.74, 6) is 1.87. The lowest BCUT2D eigenvalue weighted by molar-refractivity contribution is 0.262. The quantitative estimate of drug-likeness (QED) is 0.902. The molecule has 1 N–H and O–H groups in total. The van der Waals surface area contributed by atoms with Crippen LogP contribution >= 0.6 is 11.3 Å². The van der Waals surface area contributed by atoms with Crippen LogP contribution in [0, 0.1) is 18.8 Å². The van der Waals surface area contributed by atoms with Crippen LogP contribution in [0.15, 0.2) is 11.6 Å². The molecule has 3 nitrogen and oxygen atoms in total. The third-order valence-corrected chi connectivity index (χ3v) is 5.59. The average molecular weight is 291 g/mol. The van der Waals surface area contributed by atoms with Gasteiger partial charge in [0.05, 0.1) is 11.4 Å². The van der Waals surface area contributed by atoms with Crippen LogP contribution in [0.1, 0.15) is 50.4 Å². The summed E-state index contributed by atoms with van der Waals surface area (Å²) in [6.07, 6.45) is 9.18. The van der Waals surface area contributed by atoms with E-state index in [0.717, 1.165) is 29.9 Å². The molecule has 110 valence electrons. The van der Waals surface area contributed by atoms with Crippen LogP contribution in [-0.2, 0) is 6.54 Å². The van der Waals surface area contributed by atoms with Crippen molar-refractivity contribution in [3.05, 3.63) is 23.0 Å². The van der Waals surface area contributed by atoms with Crippen LogP contribution in [0.5, 0.6) is 0 Å². The Balaban J connectivity index is 1.50. The molecule has 2 aromatic heterocycles. The summed E-state index contributed by atoms with van der Waals surface area (Å²) in [6.45, 7) is 6.55. The largest absolute Gasteiger partial charge is 0.311 e. The van der Waals surface area contributed by atoms with Crippen molar-refractivity contribution < 1.29 is 0 Å². The molecule has 0 radical (unpaired) electrons. The SMILES string of the molecule is CCC1CCC(CNCc2c(C)nc3sccn23)CC1. The number of nitrogens with zero attached hydrogens (tertiary/aromatic N) is 2. The van der Waals surface area contributed by atoms with Crippen molar-refractivity contribution in [3.63, 3.8) is 0 Å². The fourth-order valence-corrected chi connectivity index (χ4v) is 4.17. The van der Waals surface area contributed by atoms with Gasteiger partial charge in [-0.1, -0.05) is 26.2 Å². The van der Waals surface area contributed by atoms with E-state index in [1.165, 1.54) is 43.5 Å². The third kappa shape index (κ3) is 2.91. The highest BCUT2D eigenvalue weighted by Crippen LogP contribution is 2.30. The number of imidazole rings is 1. The van der Waals surface area contributed by atoms with Gasteiger partial charge in [0.1, 0.15) is 0 Å². The lowest BCUT2D eigenvalue weighted by Gasteiger charge is -2.27. The Bertz CT molecular complexity index is 549. The van der Waals surface area contributed by atoms with E-state index >= 15 is 0 Å². The number of rotatable bonds is 5. The normalized spacial score (nSPS) is 23.5. The predicted molar refractivity (Wildman–Crippen MR) is 85.3 cm³/mol. The maximum Gasteiger partial charge on any atom is 0.194 e. The molecule has 1 aliphatic carbocycles. The standard InChI is InChI=1S/C16H25N3S/c1-3-13-4-6-14(7-5-13)10-17-11-15-12(2)18-16-19(15)8-9-20-16/h8-9,13-14,17H,3-7,10-11H2,1-2H3. The topological polar surface area (TPSA) is 29.3 Å². The van der Waals surface area contributed by atoms with Crippen LogP contribution in [-0.4, -0.2) is 15.9 Å². The summed E-state index contributed by atoms with van der Waals surface area (Å²) in [6, 6.07) is 0. The van der Waals surface area contributed by atoms with Gasteiger partial charge in [-0.25, -0.2) is 4.98 Å². The monoisotopic (exact) mass is 291 g/mol. The maximum atomic E-state index is 4.60. The van der Waals surface area contributed by atoms with Crippen LogP contribution in [0.4, 0.5) is 0 Å². The number of nitrogens with one attached hydrogen (secondary N) is 1. The minimum atomic E-state index is 0.879. The van der Waals surface area contributed by atoms with Gasteiger partial charge in [-0.15, -0.1) is 11.3 Å². The van der Waals surface area contributed by atoms with E-state index in [-0.39, 0.29) is 0 Å². The van der Waals surface area contributed by atoms with E-state index in [9.17, 15) is 0 Å². The first-order valence-corrected chi connectivity index (χ1v) is 8.77. The van der Waals surface area contributed by atoms with Crippen LogP contribution < -0.4 is 5.32 Å². The van der Waals surface area contributed by atoms with Gasteiger partial charge < -0.3 is 5.32 Å².